The molecule has 1 saturated carbocycles. The van der Waals surface area contributed by atoms with E-state index in [0.29, 0.717) is 29.1 Å². The van der Waals surface area contributed by atoms with Gasteiger partial charge in [0.15, 0.2) is 0 Å². The maximum atomic E-state index is 12.3. The van der Waals surface area contributed by atoms with E-state index in [4.69, 9.17) is 28.3 Å². The first kappa shape index (κ1) is 16.3. The van der Waals surface area contributed by atoms with E-state index in [-0.39, 0.29) is 12.5 Å². The monoisotopic (exact) mass is 327 g/mol. The van der Waals surface area contributed by atoms with E-state index >= 15 is 0 Å². The predicted octanol–water partition coefficient (Wildman–Crippen LogP) is 3.77. The first-order valence-corrected chi connectivity index (χ1v) is 7.92. The van der Waals surface area contributed by atoms with Gasteiger partial charge in [-0.05, 0) is 49.5 Å². The number of hydrogen-bond acceptors (Lipinski definition) is 2. The van der Waals surface area contributed by atoms with Gasteiger partial charge < -0.3 is 10.0 Å². The molecule has 0 bridgehead atoms. The van der Waals surface area contributed by atoms with Gasteiger partial charge in [0.25, 0.3) is 0 Å². The van der Waals surface area contributed by atoms with E-state index in [1.54, 1.807) is 30.4 Å². The van der Waals surface area contributed by atoms with Gasteiger partial charge in [-0.1, -0.05) is 29.3 Å². The molecule has 1 amide bonds. The number of nitrogens with zero attached hydrogens (tertiary/aromatic N) is 1. The van der Waals surface area contributed by atoms with E-state index < -0.39 is 0 Å². The molecule has 1 fully saturated rings. The van der Waals surface area contributed by atoms with E-state index in [0.717, 1.165) is 18.4 Å². The number of benzene rings is 1. The number of carbonyl (C=O) groups is 1. The largest absolute Gasteiger partial charge is 0.396 e. The summed E-state index contributed by atoms with van der Waals surface area (Å²) in [4.78, 5) is 14.2. The number of hydrogen-bond donors (Lipinski definition) is 1. The summed E-state index contributed by atoms with van der Waals surface area (Å²) in [7, 11) is 0. The first-order valence-electron chi connectivity index (χ1n) is 7.16. The quantitative estimate of drug-likeness (QED) is 0.808. The third-order valence-corrected chi connectivity index (χ3v) is 4.29. The number of halogens is 2. The van der Waals surface area contributed by atoms with Crippen LogP contribution in [0.3, 0.4) is 0 Å². The van der Waals surface area contributed by atoms with Crippen LogP contribution in [0.1, 0.15) is 31.2 Å². The second-order valence-corrected chi connectivity index (χ2v) is 6.04. The summed E-state index contributed by atoms with van der Waals surface area (Å²) < 4.78 is 0. The Morgan fingerprint density at radius 2 is 2.14 bits per heavy atom. The van der Waals surface area contributed by atoms with Crippen LogP contribution in [0.25, 0.3) is 6.08 Å². The van der Waals surface area contributed by atoms with Crippen molar-refractivity contribution in [1.29, 1.82) is 0 Å². The highest BCUT2D eigenvalue weighted by atomic mass is 35.5. The molecule has 1 aliphatic rings. The molecule has 0 saturated heterocycles. The van der Waals surface area contributed by atoms with Crippen LogP contribution in [0.5, 0.6) is 0 Å². The Morgan fingerprint density at radius 1 is 1.38 bits per heavy atom. The van der Waals surface area contributed by atoms with Gasteiger partial charge in [-0.25, -0.2) is 0 Å². The van der Waals surface area contributed by atoms with Gasteiger partial charge in [0.05, 0.1) is 0 Å². The lowest BCUT2D eigenvalue weighted by atomic mass is 9.91. The van der Waals surface area contributed by atoms with Crippen molar-refractivity contribution in [1.82, 2.24) is 4.90 Å². The molecular weight excluding hydrogens is 309 g/mol. The Labute approximate surface area is 135 Å². The third kappa shape index (κ3) is 4.47. The van der Waals surface area contributed by atoms with Crippen molar-refractivity contribution >= 4 is 35.2 Å². The van der Waals surface area contributed by atoms with Gasteiger partial charge in [0.1, 0.15) is 0 Å². The Balaban J connectivity index is 2.04. The maximum absolute atomic E-state index is 12.3. The molecule has 114 valence electrons. The minimum atomic E-state index is -0.0285. The summed E-state index contributed by atoms with van der Waals surface area (Å²) in [6, 6.07) is 5.50. The molecule has 0 heterocycles. The molecule has 0 atom stereocenters. The standard InChI is InChI=1S/C16H19Cl2NO2/c17-13-7-5-12(15(18)11-13)6-8-16(21)19(9-2-10-20)14-3-1-4-14/h5-8,11,14,20H,1-4,9-10H2/b8-6+. The van der Waals surface area contributed by atoms with Crippen LogP contribution in [0, 0.1) is 0 Å². The maximum Gasteiger partial charge on any atom is 0.246 e. The highest BCUT2D eigenvalue weighted by Crippen LogP contribution is 2.26. The lowest BCUT2D eigenvalue weighted by molar-refractivity contribution is -0.130. The first-order chi connectivity index (χ1) is 10.1. The summed E-state index contributed by atoms with van der Waals surface area (Å²) in [5, 5.41) is 10.1. The summed E-state index contributed by atoms with van der Waals surface area (Å²) in [5.41, 5.74) is 0.769. The van der Waals surface area contributed by atoms with Crippen LogP contribution in [-0.4, -0.2) is 35.1 Å². The van der Waals surface area contributed by atoms with Crippen molar-refractivity contribution in [2.24, 2.45) is 0 Å². The van der Waals surface area contributed by atoms with Gasteiger partial charge in [-0.3, -0.25) is 4.79 Å². The van der Waals surface area contributed by atoms with Crippen LogP contribution in [-0.2, 0) is 4.79 Å². The number of aliphatic hydroxyl groups excluding tert-OH is 1. The zero-order valence-corrected chi connectivity index (χ0v) is 13.3. The summed E-state index contributed by atoms with van der Waals surface area (Å²) in [6.07, 6.45) is 7.13. The Bertz CT molecular complexity index is 527. The van der Waals surface area contributed by atoms with E-state index in [1.165, 1.54) is 6.42 Å². The number of carbonyl (C=O) groups excluding carboxylic acids is 1. The second kappa shape index (κ2) is 7.83. The molecular formula is C16H19Cl2NO2. The fraction of sp³-hybridized carbons (Fsp3) is 0.438. The highest BCUT2D eigenvalue weighted by molar-refractivity contribution is 6.35. The Hall–Kier alpha value is -1.03. The van der Waals surface area contributed by atoms with Crippen molar-refractivity contribution in [3.8, 4) is 0 Å². The molecule has 1 aromatic carbocycles. The second-order valence-electron chi connectivity index (χ2n) is 5.19. The molecule has 0 unspecified atom stereocenters. The number of aliphatic hydroxyl groups is 1. The van der Waals surface area contributed by atoms with Gasteiger partial charge in [-0.2, -0.15) is 0 Å². The van der Waals surface area contributed by atoms with Crippen molar-refractivity contribution in [2.45, 2.75) is 31.7 Å². The van der Waals surface area contributed by atoms with Gasteiger partial charge >= 0.3 is 0 Å². The summed E-state index contributed by atoms with van der Waals surface area (Å²) in [6.45, 7) is 0.696. The summed E-state index contributed by atoms with van der Waals surface area (Å²) in [5.74, 6) is -0.0285. The topological polar surface area (TPSA) is 40.5 Å². The number of amides is 1. The lowest BCUT2D eigenvalue weighted by Gasteiger charge is -2.37. The molecule has 1 aliphatic carbocycles. The normalized spacial score (nSPS) is 15.2. The van der Waals surface area contributed by atoms with E-state index in [1.807, 2.05) is 4.90 Å². The fourth-order valence-corrected chi connectivity index (χ4v) is 2.78. The highest BCUT2D eigenvalue weighted by Gasteiger charge is 2.26. The Morgan fingerprint density at radius 3 is 2.71 bits per heavy atom. The lowest BCUT2D eigenvalue weighted by Crippen LogP contribution is -2.44. The van der Waals surface area contributed by atoms with Crippen molar-refractivity contribution in [3.63, 3.8) is 0 Å². The van der Waals surface area contributed by atoms with Crippen LogP contribution < -0.4 is 0 Å². The molecule has 5 heteroatoms. The average molecular weight is 328 g/mol. The minimum Gasteiger partial charge on any atom is -0.396 e. The number of rotatable bonds is 6. The molecule has 0 spiro atoms. The molecule has 2 rings (SSSR count). The van der Waals surface area contributed by atoms with Gasteiger partial charge in [0, 0.05) is 35.3 Å². The third-order valence-electron chi connectivity index (χ3n) is 3.72. The average Bonchev–Trinajstić information content (AvgIpc) is 2.40. The molecule has 0 aromatic heterocycles. The van der Waals surface area contributed by atoms with Gasteiger partial charge in [0.2, 0.25) is 5.91 Å². The molecule has 3 nitrogen and oxygen atoms in total. The SMILES string of the molecule is O=C(/C=C/c1ccc(Cl)cc1Cl)N(CCCO)C1CCC1. The van der Waals surface area contributed by atoms with E-state index in [9.17, 15) is 4.79 Å². The van der Waals surface area contributed by atoms with E-state index in [2.05, 4.69) is 0 Å². The summed E-state index contributed by atoms with van der Waals surface area (Å²) >= 11 is 11.9. The predicted molar refractivity (Wildman–Crippen MR) is 86.6 cm³/mol. The Kier molecular flexibility index (Phi) is 6.09. The van der Waals surface area contributed by atoms with Gasteiger partial charge in [-0.15, -0.1) is 0 Å². The molecule has 21 heavy (non-hydrogen) atoms. The smallest absolute Gasteiger partial charge is 0.246 e. The zero-order chi connectivity index (χ0) is 15.2. The fourth-order valence-electron chi connectivity index (χ4n) is 2.31. The molecule has 0 radical (unpaired) electrons. The molecule has 1 N–H and O–H groups in total. The minimum absolute atomic E-state index is 0.0285. The van der Waals surface area contributed by atoms with Crippen LogP contribution in [0.4, 0.5) is 0 Å². The van der Waals surface area contributed by atoms with Crippen LogP contribution in [0.2, 0.25) is 10.0 Å². The van der Waals surface area contributed by atoms with Crippen molar-refractivity contribution in [3.05, 3.63) is 39.9 Å². The zero-order valence-electron chi connectivity index (χ0n) is 11.8. The van der Waals surface area contributed by atoms with Crippen LogP contribution in [0.15, 0.2) is 24.3 Å². The van der Waals surface area contributed by atoms with Crippen LogP contribution >= 0.6 is 23.2 Å². The molecule has 0 aliphatic heterocycles. The van der Waals surface area contributed by atoms with Crippen molar-refractivity contribution in [2.75, 3.05) is 13.2 Å². The molecule has 1 aromatic rings. The van der Waals surface area contributed by atoms with Crippen molar-refractivity contribution < 1.29 is 9.90 Å².